The fourth-order valence-corrected chi connectivity index (χ4v) is 31.9. The summed E-state index contributed by atoms with van der Waals surface area (Å²) in [6.07, 6.45) is 15.9. The molecule has 0 saturated carbocycles. The predicted octanol–water partition coefficient (Wildman–Crippen LogP) is 9.30. The van der Waals surface area contributed by atoms with Crippen LogP contribution in [0.1, 0.15) is 90.9 Å². The van der Waals surface area contributed by atoms with Gasteiger partial charge in [0.05, 0.1) is 0 Å². The SMILES string of the molecule is CCCCCCCC[SiH2]O[Si](C)(CCCCCCCC)O[Si](C)(C)O[Si](C)(C)O[Si](C)(C)O[Si](C)(C)C. The van der Waals surface area contributed by atoms with E-state index < -0.39 is 52.3 Å². The van der Waals surface area contributed by atoms with Crippen molar-refractivity contribution >= 4 is 52.3 Å². The number of unbranched alkanes of at least 4 members (excludes halogenated alkanes) is 10. The third-order valence-corrected chi connectivity index (χ3v) is 27.4. The summed E-state index contributed by atoms with van der Waals surface area (Å²) in [6.45, 7) is 26.6. The maximum Gasteiger partial charge on any atom is 0.315 e. The zero-order chi connectivity index (χ0) is 28.6. The third kappa shape index (κ3) is 22.5. The normalized spacial score (nSPS) is 15.6. The van der Waals surface area contributed by atoms with Crippen LogP contribution in [0.4, 0.5) is 0 Å². The first-order valence-electron chi connectivity index (χ1n) is 15.4. The van der Waals surface area contributed by atoms with Gasteiger partial charge in [-0.3, -0.25) is 0 Å². The summed E-state index contributed by atoms with van der Waals surface area (Å²) in [6, 6.07) is 2.36. The molecule has 37 heavy (non-hydrogen) atoms. The van der Waals surface area contributed by atoms with E-state index in [1.54, 1.807) is 0 Å². The highest BCUT2D eigenvalue weighted by Gasteiger charge is 2.46. The van der Waals surface area contributed by atoms with Crippen LogP contribution in [0.5, 0.6) is 0 Å². The Kier molecular flexibility index (Phi) is 19.1. The van der Waals surface area contributed by atoms with E-state index in [0.717, 1.165) is 6.04 Å². The molecule has 0 aliphatic carbocycles. The highest BCUT2D eigenvalue weighted by Crippen LogP contribution is 2.28. The average molecular weight is 627 g/mol. The van der Waals surface area contributed by atoms with Crippen molar-refractivity contribution < 1.29 is 20.6 Å². The largest absolute Gasteiger partial charge is 0.442 e. The molecule has 0 N–H and O–H groups in total. The third-order valence-electron chi connectivity index (χ3n) is 6.14. The smallest absolute Gasteiger partial charge is 0.315 e. The molecule has 0 aromatic heterocycles. The first-order chi connectivity index (χ1) is 16.9. The van der Waals surface area contributed by atoms with E-state index in [0.29, 0.717) is 0 Å². The molecule has 0 radical (unpaired) electrons. The van der Waals surface area contributed by atoms with Crippen molar-refractivity contribution in [1.29, 1.82) is 0 Å². The Hall–Kier alpha value is 1.10. The van der Waals surface area contributed by atoms with Crippen molar-refractivity contribution in [3.05, 3.63) is 0 Å². The van der Waals surface area contributed by atoms with E-state index in [1.807, 2.05) is 0 Å². The van der Waals surface area contributed by atoms with Gasteiger partial charge in [0, 0.05) is 0 Å². The topological polar surface area (TPSA) is 46.2 Å². The molecule has 0 rings (SSSR count). The quantitative estimate of drug-likeness (QED) is 0.0789. The van der Waals surface area contributed by atoms with Crippen LogP contribution >= 0.6 is 0 Å². The molecule has 1 unspecified atom stereocenters. The maximum atomic E-state index is 6.97. The number of hydrogen-bond donors (Lipinski definition) is 0. The first-order valence-corrected chi connectivity index (χ1v) is 31.4. The summed E-state index contributed by atoms with van der Waals surface area (Å²) in [7, 11) is -11.6. The predicted molar refractivity (Wildman–Crippen MR) is 178 cm³/mol. The fraction of sp³-hybridized carbons (Fsp3) is 1.00. The Morgan fingerprint density at radius 2 is 0.865 bits per heavy atom. The summed E-state index contributed by atoms with van der Waals surface area (Å²) in [5, 5.41) is 0. The van der Waals surface area contributed by atoms with Crippen molar-refractivity contribution in [3.63, 3.8) is 0 Å². The second-order valence-corrected chi connectivity index (χ2v) is 34.3. The summed E-state index contributed by atoms with van der Waals surface area (Å²) in [5.41, 5.74) is 0. The molecule has 0 aromatic carbocycles. The molecular weight excluding hydrogens is 561 g/mol. The molecule has 0 aromatic rings. The highest BCUT2D eigenvalue weighted by atomic mass is 28.5. The minimum Gasteiger partial charge on any atom is -0.442 e. The van der Waals surface area contributed by atoms with E-state index in [9.17, 15) is 0 Å². The summed E-state index contributed by atoms with van der Waals surface area (Å²) in [4.78, 5) is 0. The summed E-state index contributed by atoms with van der Waals surface area (Å²) >= 11 is 0. The zero-order valence-corrected chi connectivity index (χ0v) is 33.6. The molecule has 224 valence electrons. The Balaban J connectivity index is 5.06. The van der Waals surface area contributed by atoms with Gasteiger partial charge >= 0.3 is 34.2 Å². The second-order valence-electron chi connectivity index (χ2n) is 13.3. The fourth-order valence-electron chi connectivity index (χ4n) is 5.23. The molecule has 0 aliphatic rings. The van der Waals surface area contributed by atoms with Crippen LogP contribution in [0, 0.1) is 0 Å². The van der Waals surface area contributed by atoms with E-state index in [1.165, 1.54) is 83.1 Å². The van der Waals surface area contributed by atoms with E-state index in [2.05, 4.69) is 79.3 Å². The van der Waals surface area contributed by atoms with E-state index in [-0.39, 0.29) is 0 Å². The van der Waals surface area contributed by atoms with Crippen molar-refractivity contribution in [2.75, 3.05) is 0 Å². The van der Waals surface area contributed by atoms with Crippen molar-refractivity contribution in [2.24, 2.45) is 0 Å². The minimum atomic E-state index is -2.43. The number of hydrogen-bond acceptors (Lipinski definition) is 5. The van der Waals surface area contributed by atoms with Crippen molar-refractivity contribution in [1.82, 2.24) is 0 Å². The Labute approximate surface area is 240 Å². The van der Waals surface area contributed by atoms with Gasteiger partial charge in [0.15, 0.2) is 8.32 Å². The lowest BCUT2D eigenvalue weighted by Crippen LogP contribution is -2.59. The molecular formula is C26H66O5Si6. The molecule has 5 nitrogen and oxygen atoms in total. The van der Waals surface area contributed by atoms with Gasteiger partial charge in [-0.25, -0.2) is 0 Å². The molecule has 11 heteroatoms. The molecule has 0 aliphatic heterocycles. The van der Waals surface area contributed by atoms with E-state index in [4.69, 9.17) is 20.6 Å². The van der Waals surface area contributed by atoms with Crippen molar-refractivity contribution in [2.45, 2.75) is 168 Å². The molecule has 0 spiro atoms. The van der Waals surface area contributed by atoms with Crippen LogP contribution in [0.3, 0.4) is 0 Å². The maximum absolute atomic E-state index is 6.97. The standard InChI is InChI=1S/C26H66O5Si6/c1-13-15-17-19-21-23-25-32-27-37(12,26-24-22-20-18-16-14-2)31-36(10,11)30-35(8,9)29-34(6,7)28-33(3,4)5/h13-26,32H2,1-12H3. The lowest BCUT2D eigenvalue weighted by molar-refractivity contribution is 0.281. The molecule has 0 fully saturated rings. The Morgan fingerprint density at radius 3 is 1.35 bits per heavy atom. The van der Waals surface area contributed by atoms with Gasteiger partial charge in [-0.1, -0.05) is 90.9 Å². The monoisotopic (exact) mass is 626 g/mol. The van der Waals surface area contributed by atoms with Gasteiger partial charge in [-0.05, 0) is 77.6 Å². The Morgan fingerprint density at radius 1 is 0.459 bits per heavy atom. The molecule has 0 saturated heterocycles. The van der Waals surface area contributed by atoms with Crippen LogP contribution in [0.2, 0.25) is 77.6 Å². The van der Waals surface area contributed by atoms with Gasteiger partial charge in [0.25, 0.3) is 0 Å². The first kappa shape index (κ1) is 38.1. The Bertz CT molecular complexity index is 586. The van der Waals surface area contributed by atoms with Gasteiger partial charge in [0.2, 0.25) is 0 Å². The lowest BCUT2D eigenvalue weighted by atomic mass is 10.1. The molecule has 1 atom stereocenters. The summed E-state index contributed by atoms with van der Waals surface area (Å²) in [5.74, 6) is 0. The lowest BCUT2D eigenvalue weighted by Gasteiger charge is -2.42. The van der Waals surface area contributed by atoms with Crippen LogP contribution in [0.25, 0.3) is 0 Å². The molecule has 0 amide bonds. The summed E-state index contributed by atoms with van der Waals surface area (Å²) < 4.78 is 33.6. The molecule has 0 heterocycles. The van der Waals surface area contributed by atoms with Gasteiger partial charge in [-0.2, -0.15) is 0 Å². The van der Waals surface area contributed by atoms with Crippen LogP contribution < -0.4 is 0 Å². The highest BCUT2D eigenvalue weighted by molar-refractivity contribution is 6.90. The average Bonchev–Trinajstić information content (AvgIpc) is 2.68. The van der Waals surface area contributed by atoms with Gasteiger partial charge in [0.1, 0.15) is 9.76 Å². The van der Waals surface area contributed by atoms with Crippen LogP contribution in [0.15, 0.2) is 0 Å². The van der Waals surface area contributed by atoms with Crippen LogP contribution in [-0.2, 0) is 20.6 Å². The molecule has 0 bridgehead atoms. The van der Waals surface area contributed by atoms with Gasteiger partial charge in [-0.15, -0.1) is 0 Å². The van der Waals surface area contributed by atoms with Crippen LogP contribution in [-0.4, -0.2) is 52.3 Å². The number of rotatable bonds is 24. The minimum absolute atomic E-state index is 0.563. The van der Waals surface area contributed by atoms with Gasteiger partial charge < -0.3 is 20.6 Å². The van der Waals surface area contributed by atoms with Crippen molar-refractivity contribution in [3.8, 4) is 0 Å². The zero-order valence-electron chi connectivity index (χ0n) is 27.1. The van der Waals surface area contributed by atoms with E-state index >= 15 is 0 Å². The second kappa shape index (κ2) is 18.5.